The van der Waals surface area contributed by atoms with Gasteiger partial charge in [-0.1, -0.05) is 11.6 Å². The Labute approximate surface area is 172 Å². The van der Waals surface area contributed by atoms with Crippen LogP contribution in [-0.2, 0) is 6.18 Å². The summed E-state index contributed by atoms with van der Waals surface area (Å²) in [5.41, 5.74) is -2.64. The summed E-state index contributed by atoms with van der Waals surface area (Å²) < 4.78 is 43.9. The van der Waals surface area contributed by atoms with Gasteiger partial charge in [0.05, 0.1) is 21.7 Å². The molecule has 0 aliphatic rings. The third-order valence-electron chi connectivity index (χ3n) is 3.72. The number of hydrogen-bond acceptors (Lipinski definition) is 5. The topological polar surface area (TPSA) is 112 Å². The number of benzene rings is 2. The number of carbonyl (C=O) groups is 1. The quantitative estimate of drug-likeness (QED) is 0.363. The van der Waals surface area contributed by atoms with Crippen LogP contribution in [0.4, 0.5) is 29.3 Å². The van der Waals surface area contributed by atoms with E-state index in [-0.39, 0.29) is 27.0 Å². The first-order valence-corrected chi connectivity index (χ1v) is 8.77. The van der Waals surface area contributed by atoms with E-state index in [1.54, 1.807) is 0 Å². The van der Waals surface area contributed by atoms with Gasteiger partial charge in [0.25, 0.3) is 0 Å². The van der Waals surface area contributed by atoms with Crippen molar-refractivity contribution in [3.8, 4) is 11.5 Å². The fraction of sp³-hybridized carbons (Fsp3) is 0.0588. The first-order valence-electron chi connectivity index (χ1n) is 7.60. The number of hydrogen-bond donors (Lipinski definition) is 4. The molecule has 0 spiro atoms. The van der Waals surface area contributed by atoms with Crippen molar-refractivity contribution in [1.29, 1.82) is 0 Å². The Morgan fingerprint density at radius 3 is 2.45 bits per heavy atom. The van der Waals surface area contributed by atoms with Gasteiger partial charge in [-0.25, -0.2) is 4.79 Å². The Kier molecular flexibility index (Phi) is 5.37. The molecule has 2 amide bonds. The van der Waals surface area contributed by atoms with Crippen LogP contribution in [0.15, 0.2) is 44.2 Å². The molecule has 4 N–H and O–H groups in total. The first-order chi connectivity index (χ1) is 13.5. The first kappa shape index (κ1) is 20.8. The van der Waals surface area contributed by atoms with Crippen LogP contribution in [-0.4, -0.2) is 16.2 Å². The van der Waals surface area contributed by atoms with Crippen LogP contribution in [0.25, 0.3) is 11.0 Å². The molecule has 0 aliphatic carbocycles. The zero-order chi connectivity index (χ0) is 21.5. The van der Waals surface area contributed by atoms with Crippen molar-refractivity contribution in [2.75, 3.05) is 10.6 Å². The van der Waals surface area contributed by atoms with Crippen LogP contribution >= 0.6 is 27.5 Å². The number of carbonyl (C=O) groups excluding carboxylic acids is 1. The second-order valence-corrected chi connectivity index (χ2v) is 6.87. The molecule has 12 heteroatoms. The lowest BCUT2D eigenvalue weighted by Gasteiger charge is -2.13. The predicted octanol–water partition coefficient (Wildman–Crippen LogP) is 5.28. The summed E-state index contributed by atoms with van der Waals surface area (Å²) in [6, 6.07) is 3.80. The van der Waals surface area contributed by atoms with E-state index < -0.39 is 39.7 Å². The summed E-state index contributed by atoms with van der Waals surface area (Å²) in [5.74, 6) is -1.61. The minimum atomic E-state index is -4.73. The highest BCUT2D eigenvalue weighted by Gasteiger charge is 2.33. The summed E-state index contributed by atoms with van der Waals surface area (Å²) in [4.78, 5) is 24.2. The third-order valence-corrected chi connectivity index (χ3v) is 4.44. The normalized spacial score (nSPS) is 11.5. The molecule has 152 valence electrons. The fourth-order valence-electron chi connectivity index (χ4n) is 2.44. The standard InChI is InChI=1S/C17H9BrClF3N2O5/c18-12-5-11(25)7-4-10(13(26)14(27)15(7)29-12)24-16(28)23-6-1-2-9(19)8(3-6)17(20,21)22/h1-5,26-27H,(H2,23,24,28). The molecule has 0 saturated carbocycles. The second kappa shape index (κ2) is 7.48. The van der Waals surface area contributed by atoms with E-state index in [1.807, 2.05) is 0 Å². The zero-order valence-corrected chi connectivity index (χ0v) is 16.2. The van der Waals surface area contributed by atoms with Gasteiger partial charge in [-0.2, -0.15) is 13.2 Å². The lowest BCUT2D eigenvalue weighted by molar-refractivity contribution is -0.137. The third kappa shape index (κ3) is 4.25. The molecule has 1 heterocycles. The Bertz CT molecular complexity index is 1200. The van der Waals surface area contributed by atoms with Gasteiger partial charge in [0, 0.05) is 11.8 Å². The molecule has 3 rings (SSSR count). The summed E-state index contributed by atoms with van der Waals surface area (Å²) in [6.45, 7) is 0. The molecule has 0 unspecified atom stereocenters. The predicted molar refractivity (Wildman–Crippen MR) is 103 cm³/mol. The molecule has 1 aromatic heterocycles. The van der Waals surface area contributed by atoms with Gasteiger partial charge in [-0.15, -0.1) is 0 Å². The van der Waals surface area contributed by atoms with Gasteiger partial charge >= 0.3 is 12.2 Å². The van der Waals surface area contributed by atoms with Crippen molar-refractivity contribution >= 4 is 55.9 Å². The summed E-state index contributed by atoms with van der Waals surface area (Å²) in [7, 11) is 0. The van der Waals surface area contributed by atoms with Gasteiger partial charge in [0.15, 0.2) is 21.4 Å². The van der Waals surface area contributed by atoms with E-state index in [2.05, 4.69) is 26.6 Å². The average molecular weight is 494 g/mol. The van der Waals surface area contributed by atoms with Gasteiger partial charge in [0.1, 0.15) is 0 Å². The van der Waals surface area contributed by atoms with E-state index in [4.69, 9.17) is 16.0 Å². The Hall–Kier alpha value is -2.92. The fourth-order valence-corrected chi connectivity index (χ4v) is 3.03. The van der Waals surface area contributed by atoms with E-state index in [9.17, 15) is 33.0 Å². The average Bonchev–Trinajstić information content (AvgIpc) is 2.61. The summed E-state index contributed by atoms with van der Waals surface area (Å²) in [6.07, 6.45) is -4.73. The lowest BCUT2D eigenvalue weighted by Crippen LogP contribution is -2.20. The number of nitrogens with one attached hydrogen (secondary N) is 2. The van der Waals surface area contributed by atoms with Crippen LogP contribution in [0.3, 0.4) is 0 Å². The van der Waals surface area contributed by atoms with Crippen LogP contribution in [0.5, 0.6) is 11.5 Å². The highest BCUT2D eigenvalue weighted by atomic mass is 79.9. The largest absolute Gasteiger partial charge is 0.503 e. The molecule has 0 saturated heterocycles. The maximum absolute atomic E-state index is 12.9. The van der Waals surface area contributed by atoms with Crippen molar-refractivity contribution in [2.45, 2.75) is 6.18 Å². The molecule has 0 radical (unpaired) electrons. The van der Waals surface area contributed by atoms with Crippen molar-refractivity contribution in [3.63, 3.8) is 0 Å². The molecule has 2 aromatic carbocycles. The number of anilines is 2. The number of amides is 2. The Morgan fingerprint density at radius 2 is 1.79 bits per heavy atom. The maximum atomic E-state index is 12.9. The number of halogens is 5. The molecule has 0 fully saturated rings. The van der Waals surface area contributed by atoms with E-state index in [1.165, 1.54) is 0 Å². The number of urea groups is 1. The smallest absolute Gasteiger partial charge is 0.417 e. The van der Waals surface area contributed by atoms with Crippen LogP contribution in [0.2, 0.25) is 5.02 Å². The number of phenolic OH excluding ortho intramolecular Hbond substituents is 2. The van der Waals surface area contributed by atoms with Crippen molar-refractivity contribution in [3.05, 3.63) is 55.8 Å². The van der Waals surface area contributed by atoms with E-state index in [0.717, 1.165) is 24.3 Å². The maximum Gasteiger partial charge on any atom is 0.417 e. The SMILES string of the molecule is O=C(Nc1ccc(Cl)c(C(F)(F)F)c1)Nc1cc2c(=O)cc(Br)oc2c(O)c1O. The van der Waals surface area contributed by atoms with Crippen molar-refractivity contribution < 1.29 is 32.6 Å². The molecule has 3 aromatic rings. The minimum absolute atomic E-state index is 0.00589. The van der Waals surface area contributed by atoms with E-state index in [0.29, 0.717) is 6.07 Å². The lowest BCUT2D eigenvalue weighted by atomic mass is 10.1. The van der Waals surface area contributed by atoms with Gasteiger partial charge in [-0.05, 0) is 40.2 Å². The zero-order valence-electron chi connectivity index (χ0n) is 13.9. The molecular formula is C17H9BrClF3N2O5. The second-order valence-electron chi connectivity index (χ2n) is 5.68. The molecule has 0 aliphatic heterocycles. The van der Waals surface area contributed by atoms with Gasteiger partial charge in [0.2, 0.25) is 5.75 Å². The molecule has 0 bridgehead atoms. The van der Waals surface area contributed by atoms with Crippen LogP contribution < -0.4 is 16.1 Å². The summed E-state index contributed by atoms with van der Waals surface area (Å²) >= 11 is 8.45. The Balaban J connectivity index is 1.91. The minimum Gasteiger partial charge on any atom is -0.503 e. The number of alkyl halides is 3. The highest BCUT2D eigenvalue weighted by Crippen LogP contribution is 2.40. The number of rotatable bonds is 2. The number of fused-ring (bicyclic) bond motifs is 1. The molecule has 29 heavy (non-hydrogen) atoms. The van der Waals surface area contributed by atoms with E-state index >= 15 is 0 Å². The van der Waals surface area contributed by atoms with Crippen LogP contribution in [0, 0.1) is 0 Å². The number of phenols is 2. The number of aromatic hydroxyl groups is 2. The van der Waals surface area contributed by atoms with Gasteiger partial charge < -0.3 is 25.3 Å². The highest BCUT2D eigenvalue weighted by molar-refractivity contribution is 9.10. The van der Waals surface area contributed by atoms with Crippen molar-refractivity contribution in [1.82, 2.24) is 0 Å². The molecular weight excluding hydrogens is 485 g/mol. The van der Waals surface area contributed by atoms with Crippen LogP contribution in [0.1, 0.15) is 5.56 Å². The monoisotopic (exact) mass is 492 g/mol. The summed E-state index contributed by atoms with van der Waals surface area (Å²) in [5, 5.41) is 23.7. The van der Waals surface area contributed by atoms with Crippen molar-refractivity contribution in [2.24, 2.45) is 0 Å². The Morgan fingerprint density at radius 1 is 1.10 bits per heavy atom. The molecule has 0 atom stereocenters. The van der Waals surface area contributed by atoms with Gasteiger partial charge in [-0.3, -0.25) is 4.79 Å². The molecule has 7 nitrogen and oxygen atoms in total.